The number of ether oxygens (including phenoxy) is 1. The number of hydrogen-bond acceptors (Lipinski definition) is 9. The third-order valence-corrected chi connectivity index (χ3v) is 5.85. The molecule has 5 N–H and O–H groups in total. The molecule has 0 spiro atoms. The van der Waals surface area contributed by atoms with Crippen LogP contribution in [0.15, 0.2) is 11.6 Å². The van der Waals surface area contributed by atoms with Gasteiger partial charge in [-0.25, -0.2) is 19.7 Å². The second-order valence-electron chi connectivity index (χ2n) is 7.87. The number of rotatable bonds is 5. The fraction of sp³-hybridized carbons (Fsp3) is 0.368. The Morgan fingerprint density at radius 1 is 1.35 bits per heavy atom. The average molecular weight is 443 g/mol. The van der Waals surface area contributed by atoms with Gasteiger partial charge in [-0.3, -0.25) is 14.8 Å². The van der Waals surface area contributed by atoms with E-state index in [1.54, 1.807) is 10.9 Å². The Bertz CT molecular complexity index is 1180. The quantitative estimate of drug-likeness (QED) is 0.539. The van der Waals surface area contributed by atoms with Crippen LogP contribution in [0.4, 0.5) is 15.9 Å². The maximum Gasteiger partial charge on any atom is 0.404 e. The third-order valence-electron chi connectivity index (χ3n) is 4.97. The predicted molar refractivity (Wildman–Crippen MR) is 115 cm³/mol. The van der Waals surface area contributed by atoms with Crippen LogP contribution in [0.3, 0.4) is 0 Å². The summed E-state index contributed by atoms with van der Waals surface area (Å²) in [6.45, 7) is 6.09. The lowest BCUT2D eigenvalue weighted by Gasteiger charge is -2.31. The molecule has 0 saturated carbocycles. The minimum absolute atomic E-state index is 0.00743. The summed E-state index contributed by atoms with van der Waals surface area (Å²) in [7, 11) is 0. The number of amides is 2. The first-order valence-electron chi connectivity index (χ1n) is 9.54. The summed E-state index contributed by atoms with van der Waals surface area (Å²) in [4.78, 5) is 37.0. The topological polar surface area (TPSA) is 164 Å². The molecule has 0 unspecified atom stereocenters. The number of carbonyl (C=O) groups excluding carboxylic acids is 2. The lowest BCUT2D eigenvalue weighted by Crippen LogP contribution is -2.29. The predicted octanol–water partition coefficient (Wildman–Crippen LogP) is 1.87. The van der Waals surface area contributed by atoms with Gasteiger partial charge in [0.15, 0.2) is 10.8 Å². The zero-order chi connectivity index (χ0) is 22.3. The Morgan fingerprint density at radius 2 is 2.13 bits per heavy atom. The van der Waals surface area contributed by atoms with Crippen LogP contribution in [0.5, 0.6) is 0 Å². The molecule has 0 bridgehead atoms. The van der Waals surface area contributed by atoms with Crippen LogP contribution in [0.25, 0.3) is 11.4 Å². The van der Waals surface area contributed by atoms with Crippen LogP contribution in [0, 0.1) is 6.92 Å². The zero-order valence-electron chi connectivity index (χ0n) is 17.3. The minimum Gasteiger partial charge on any atom is -0.448 e. The monoisotopic (exact) mass is 442 g/mol. The van der Waals surface area contributed by atoms with Gasteiger partial charge in [-0.2, -0.15) is 5.10 Å². The van der Waals surface area contributed by atoms with Gasteiger partial charge in [0, 0.05) is 17.1 Å². The number of nitrogen functional groups attached to an aromatic ring is 1. The fourth-order valence-electron chi connectivity index (χ4n) is 3.78. The summed E-state index contributed by atoms with van der Waals surface area (Å²) in [6.07, 6.45) is 1.42. The zero-order valence-corrected chi connectivity index (χ0v) is 18.1. The summed E-state index contributed by atoms with van der Waals surface area (Å²) in [6, 6.07) is 0. The van der Waals surface area contributed by atoms with Crippen molar-refractivity contribution < 1.29 is 14.3 Å². The smallest absolute Gasteiger partial charge is 0.404 e. The number of aryl methyl sites for hydroxylation is 1. The molecule has 0 aromatic carbocycles. The van der Waals surface area contributed by atoms with E-state index < -0.39 is 11.5 Å². The lowest BCUT2D eigenvalue weighted by atomic mass is 9.73. The number of nitrogens with zero attached hydrogens (tertiary/aromatic N) is 5. The highest BCUT2D eigenvalue weighted by molar-refractivity contribution is 7.13. The molecule has 3 heterocycles. The molecule has 31 heavy (non-hydrogen) atoms. The molecule has 3 aromatic heterocycles. The van der Waals surface area contributed by atoms with Gasteiger partial charge in [0.25, 0.3) is 5.91 Å². The number of nitrogens with one attached hydrogen (secondary N) is 1. The van der Waals surface area contributed by atoms with E-state index in [0.29, 0.717) is 22.9 Å². The maximum absolute atomic E-state index is 13.2. The Balaban J connectivity index is 1.83. The van der Waals surface area contributed by atoms with E-state index in [9.17, 15) is 9.59 Å². The van der Waals surface area contributed by atoms with E-state index in [0.717, 1.165) is 16.8 Å². The van der Waals surface area contributed by atoms with E-state index >= 15 is 0 Å². The van der Waals surface area contributed by atoms with E-state index in [4.69, 9.17) is 16.2 Å². The molecular weight excluding hydrogens is 420 g/mol. The SMILES string of the molecule is Cc1csc(NC(=O)c2nn(CCOC(N)=O)c3c2C(C)(C)Cc2cnc(N)nc2-3)n1. The Morgan fingerprint density at radius 3 is 2.81 bits per heavy atom. The highest BCUT2D eigenvalue weighted by Gasteiger charge is 2.40. The maximum atomic E-state index is 13.2. The van der Waals surface area contributed by atoms with E-state index in [1.807, 2.05) is 26.2 Å². The van der Waals surface area contributed by atoms with Crippen LogP contribution in [0.1, 0.15) is 41.2 Å². The largest absolute Gasteiger partial charge is 0.448 e. The molecule has 12 heteroatoms. The molecule has 0 saturated heterocycles. The molecule has 2 amide bonds. The van der Waals surface area contributed by atoms with Crippen molar-refractivity contribution in [3.63, 3.8) is 0 Å². The van der Waals surface area contributed by atoms with Gasteiger partial charge in [-0.05, 0) is 24.3 Å². The average Bonchev–Trinajstić information content (AvgIpc) is 3.26. The summed E-state index contributed by atoms with van der Waals surface area (Å²) < 4.78 is 6.48. The number of fused-ring (bicyclic) bond motifs is 3. The van der Waals surface area contributed by atoms with Gasteiger partial charge in [-0.1, -0.05) is 13.8 Å². The molecule has 162 valence electrons. The van der Waals surface area contributed by atoms with Crippen molar-refractivity contribution >= 4 is 34.4 Å². The Labute approximate surface area is 181 Å². The third kappa shape index (κ3) is 3.93. The summed E-state index contributed by atoms with van der Waals surface area (Å²) in [5.41, 5.74) is 14.5. The van der Waals surface area contributed by atoms with Crippen molar-refractivity contribution in [3.05, 3.63) is 34.1 Å². The standard InChI is InChI=1S/C19H22N8O3S/c1-9-8-31-18(23-9)25-15(28)13-11-14(27(26-13)4-5-30-17(21)29)12-10(6-19(11,2)3)7-22-16(20)24-12/h7-8H,4-6H2,1-3H3,(H2,21,29)(H2,20,22,24)(H,23,25,28). The molecule has 0 atom stereocenters. The van der Waals surface area contributed by atoms with Crippen molar-refractivity contribution in [2.75, 3.05) is 17.7 Å². The van der Waals surface area contributed by atoms with Crippen molar-refractivity contribution in [2.24, 2.45) is 5.73 Å². The molecule has 0 fully saturated rings. The van der Waals surface area contributed by atoms with Crippen LogP contribution in [-0.4, -0.2) is 43.3 Å². The van der Waals surface area contributed by atoms with Crippen LogP contribution >= 0.6 is 11.3 Å². The minimum atomic E-state index is -0.884. The van der Waals surface area contributed by atoms with Crippen molar-refractivity contribution in [1.82, 2.24) is 24.7 Å². The molecule has 4 rings (SSSR count). The number of thiazole rings is 1. The second-order valence-corrected chi connectivity index (χ2v) is 8.73. The number of anilines is 2. The van der Waals surface area contributed by atoms with E-state index in [1.165, 1.54) is 11.3 Å². The molecule has 1 aliphatic rings. The van der Waals surface area contributed by atoms with E-state index in [2.05, 4.69) is 25.4 Å². The molecule has 1 aliphatic carbocycles. The summed E-state index contributed by atoms with van der Waals surface area (Å²) >= 11 is 1.34. The van der Waals surface area contributed by atoms with Crippen LogP contribution in [0.2, 0.25) is 0 Å². The number of aromatic nitrogens is 5. The Hall–Kier alpha value is -3.54. The van der Waals surface area contributed by atoms with Crippen LogP contribution < -0.4 is 16.8 Å². The van der Waals surface area contributed by atoms with Crippen molar-refractivity contribution in [3.8, 4) is 11.4 Å². The highest BCUT2D eigenvalue weighted by Crippen LogP contribution is 2.44. The molecular formula is C19H22N8O3S. The fourth-order valence-corrected chi connectivity index (χ4v) is 4.47. The first-order valence-corrected chi connectivity index (χ1v) is 10.4. The molecule has 11 nitrogen and oxygen atoms in total. The lowest BCUT2D eigenvalue weighted by molar-refractivity contribution is 0.101. The van der Waals surface area contributed by atoms with Crippen LogP contribution in [-0.2, 0) is 23.1 Å². The van der Waals surface area contributed by atoms with Gasteiger partial charge in [0.05, 0.1) is 23.6 Å². The molecule has 0 radical (unpaired) electrons. The number of nitrogens with two attached hydrogens (primary N) is 2. The van der Waals surface area contributed by atoms with Gasteiger partial charge in [0.1, 0.15) is 6.61 Å². The van der Waals surface area contributed by atoms with Crippen molar-refractivity contribution in [2.45, 2.75) is 39.2 Å². The van der Waals surface area contributed by atoms with Gasteiger partial charge in [0.2, 0.25) is 5.95 Å². The normalized spacial score (nSPS) is 13.9. The van der Waals surface area contributed by atoms with Gasteiger partial charge >= 0.3 is 6.09 Å². The first kappa shape index (κ1) is 20.7. The van der Waals surface area contributed by atoms with E-state index in [-0.39, 0.29) is 30.7 Å². The molecule has 0 aliphatic heterocycles. The summed E-state index contributed by atoms with van der Waals surface area (Å²) in [5, 5.41) is 9.72. The number of carbonyl (C=O) groups is 2. The molecule has 3 aromatic rings. The Kier molecular flexibility index (Phi) is 5.09. The second kappa shape index (κ2) is 7.61. The number of hydrogen-bond donors (Lipinski definition) is 3. The van der Waals surface area contributed by atoms with Gasteiger partial charge < -0.3 is 16.2 Å². The summed E-state index contributed by atoms with van der Waals surface area (Å²) in [5.74, 6) is -0.256. The van der Waals surface area contributed by atoms with Crippen molar-refractivity contribution in [1.29, 1.82) is 0 Å². The first-order chi connectivity index (χ1) is 14.7. The number of primary amides is 1. The van der Waals surface area contributed by atoms with Gasteiger partial charge in [-0.15, -0.1) is 11.3 Å². The highest BCUT2D eigenvalue weighted by atomic mass is 32.1.